The Morgan fingerprint density at radius 3 is 2.39 bits per heavy atom. The molecule has 190 valence electrons. The normalized spacial score (nSPS) is 14.9. The van der Waals surface area contributed by atoms with E-state index >= 15 is 0 Å². The van der Waals surface area contributed by atoms with Gasteiger partial charge in [-0.1, -0.05) is 12.8 Å². The van der Waals surface area contributed by atoms with Crippen LogP contribution in [-0.2, 0) is 16.1 Å². The molecular formula is C26H33N7O3. The summed E-state index contributed by atoms with van der Waals surface area (Å²) in [5, 5.41) is 15.8. The number of rotatable bonds is 8. The molecule has 0 radical (unpaired) electrons. The number of nitrogens with zero attached hydrogens (tertiary/aromatic N) is 6. The van der Waals surface area contributed by atoms with Crippen LogP contribution in [-0.4, -0.2) is 60.6 Å². The summed E-state index contributed by atoms with van der Waals surface area (Å²) < 4.78 is 5.19. The predicted molar refractivity (Wildman–Crippen MR) is 134 cm³/mol. The number of methoxy groups -OCH3 is 1. The summed E-state index contributed by atoms with van der Waals surface area (Å²) in [5.41, 5.74) is 0.805. The summed E-state index contributed by atoms with van der Waals surface area (Å²) in [6.07, 6.45) is 7.38. The monoisotopic (exact) mass is 491 g/mol. The summed E-state index contributed by atoms with van der Waals surface area (Å²) in [6, 6.07) is 10.1. The van der Waals surface area contributed by atoms with Gasteiger partial charge in [0, 0.05) is 29.5 Å². The number of hydrogen-bond acceptors (Lipinski definition) is 7. The predicted octanol–water partition coefficient (Wildman–Crippen LogP) is 3.17. The summed E-state index contributed by atoms with van der Waals surface area (Å²) in [4.78, 5) is 34.3. The molecule has 36 heavy (non-hydrogen) atoms. The van der Waals surface area contributed by atoms with Crippen molar-refractivity contribution in [3.63, 3.8) is 0 Å². The molecule has 1 atom stereocenters. The third-order valence-corrected chi connectivity index (χ3v) is 6.30. The van der Waals surface area contributed by atoms with E-state index in [0.717, 1.165) is 37.0 Å². The number of amides is 2. The number of benzene rings is 1. The van der Waals surface area contributed by atoms with Crippen LogP contribution in [0.3, 0.4) is 0 Å². The minimum atomic E-state index is -0.814. The molecule has 1 aromatic carbocycles. The van der Waals surface area contributed by atoms with Crippen LogP contribution in [0, 0.1) is 0 Å². The third-order valence-electron chi connectivity index (χ3n) is 6.30. The number of carbonyl (C=O) groups excluding carboxylic acids is 2. The lowest BCUT2D eigenvalue weighted by atomic mass is 9.97. The fourth-order valence-corrected chi connectivity index (χ4v) is 4.58. The molecule has 1 N–H and O–H groups in total. The molecule has 1 aliphatic carbocycles. The highest BCUT2D eigenvalue weighted by Gasteiger charge is 2.39. The summed E-state index contributed by atoms with van der Waals surface area (Å²) in [6.45, 7) is 5.59. The van der Waals surface area contributed by atoms with Crippen molar-refractivity contribution in [2.75, 3.05) is 7.11 Å². The average Bonchev–Trinajstić information content (AvgIpc) is 3.54. The maximum atomic E-state index is 13.7. The number of ether oxygens (including phenoxy) is 1. The zero-order valence-corrected chi connectivity index (χ0v) is 21.2. The summed E-state index contributed by atoms with van der Waals surface area (Å²) in [7, 11) is 1.60. The fraction of sp³-hybridized carbons (Fsp3) is 0.462. The van der Waals surface area contributed by atoms with Crippen LogP contribution in [0.15, 0.2) is 48.8 Å². The molecule has 0 spiro atoms. The molecule has 0 aliphatic heterocycles. The van der Waals surface area contributed by atoms with Gasteiger partial charge in [0.2, 0.25) is 17.6 Å². The zero-order valence-electron chi connectivity index (χ0n) is 21.2. The first-order valence-corrected chi connectivity index (χ1v) is 12.2. The Balaban J connectivity index is 1.59. The van der Waals surface area contributed by atoms with E-state index in [4.69, 9.17) is 4.74 Å². The number of nitrogens with one attached hydrogen (secondary N) is 1. The van der Waals surface area contributed by atoms with Crippen molar-refractivity contribution in [3.05, 3.63) is 54.4 Å². The largest absolute Gasteiger partial charge is 0.497 e. The van der Waals surface area contributed by atoms with Gasteiger partial charge in [-0.05, 0) is 80.8 Å². The topological polar surface area (TPSA) is 115 Å². The van der Waals surface area contributed by atoms with E-state index in [1.807, 2.05) is 45.0 Å². The number of pyridine rings is 1. The standard InChI is InChI=1S/C26H33N7O3/c1-26(2,3)33(23(18-13-15-27-16-14-18)25(35)28-20-7-5-6-8-20)22(34)17-32-30-24(29-31-32)19-9-11-21(36-4)12-10-19/h9-16,20,23H,5-8,17H2,1-4H3,(H,28,35). The van der Waals surface area contributed by atoms with E-state index in [-0.39, 0.29) is 24.4 Å². The maximum Gasteiger partial charge on any atom is 0.247 e. The molecule has 1 fully saturated rings. The quantitative estimate of drug-likeness (QED) is 0.515. The van der Waals surface area contributed by atoms with Gasteiger partial charge < -0.3 is 15.0 Å². The van der Waals surface area contributed by atoms with Crippen molar-refractivity contribution in [3.8, 4) is 17.1 Å². The van der Waals surface area contributed by atoms with Crippen molar-refractivity contribution in [1.29, 1.82) is 0 Å². The van der Waals surface area contributed by atoms with Crippen LogP contribution < -0.4 is 10.1 Å². The van der Waals surface area contributed by atoms with Gasteiger partial charge in [0.05, 0.1) is 7.11 Å². The minimum Gasteiger partial charge on any atom is -0.497 e. The molecule has 1 saturated carbocycles. The number of tetrazole rings is 1. The van der Waals surface area contributed by atoms with Crippen molar-refractivity contribution in [2.45, 2.75) is 70.6 Å². The second kappa shape index (κ2) is 10.8. The Bertz CT molecular complexity index is 1170. The van der Waals surface area contributed by atoms with Crippen LogP contribution >= 0.6 is 0 Å². The smallest absolute Gasteiger partial charge is 0.247 e. The number of carbonyl (C=O) groups is 2. The van der Waals surface area contributed by atoms with E-state index < -0.39 is 11.6 Å². The first kappa shape index (κ1) is 25.3. The Morgan fingerprint density at radius 1 is 1.11 bits per heavy atom. The zero-order chi connectivity index (χ0) is 25.7. The van der Waals surface area contributed by atoms with Crippen molar-refractivity contribution in [1.82, 2.24) is 35.4 Å². The van der Waals surface area contributed by atoms with Crippen LogP contribution in [0.25, 0.3) is 11.4 Å². The lowest BCUT2D eigenvalue weighted by Gasteiger charge is -2.41. The highest BCUT2D eigenvalue weighted by atomic mass is 16.5. The van der Waals surface area contributed by atoms with E-state index in [9.17, 15) is 9.59 Å². The van der Waals surface area contributed by atoms with Gasteiger partial charge in [0.1, 0.15) is 18.3 Å². The molecular weight excluding hydrogens is 458 g/mol. The van der Waals surface area contributed by atoms with E-state index in [1.54, 1.807) is 36.5 Å². The van der Waals surface area contributed by atoms with Gasteiger partial charge in [-0.3, -0.25) is 14.6 Å². The Hall–Kier alpha value is -3.82. The van der Waals surface area contributed by atoms with Gasteiger partial charge in [-0.15, -0.1) is 10.2 Å². The summed E-state index contributed by atoms with van der Waals surface area (Å²) in [5.74, 6) is 0.643. The van der Waals surface area contributed by atoms with Crippen molar-refractivity contribution >= 4 is 11.8 Å². The molecule has 3 aromatic rings. The van der Waals surface area contributed by atoms with Crippen LogP contribution in [0.5, 0.6) is 5.75 Å². The van der Waals surface area contributed by atoms with Gasteiger partial charge in [-0.2, -0.15) is 4.80 Å². The number of hydrogen-bond donors (Lipinski definition) is 1. The highest BCUT2D eigenvalue weighted by Crippen LogP contribution is 2.30. The first-order valence-electron chi connectivity index (χ1n) is 12.2. The molecule has 2 heterocycles. The van der Waals surface area contributed by atoms with Gasteiger partial charge >= 0.3 is 0 Å². The third kappa shape index (κ3) is 5.87. The molecule has 1 unspecified atom stereocenters. The molecule has 2 aromatic heterocycles. The van der Waals surface area contributed by atoms with Crippen molar-refractivity contribution < 1.29 is 14.3 Å². The molecule has 2 amide bonds. The molecule has 10 heteroatoms. The van der Waals surface area contributed by atoms with Crippen LogP contribution in [0.1, 0.15) is 58.1 Å². The van der Waals surface area contributed by atoms with Crippen LogP contribution in [0.4, 0.5) is 0 Å². The molecule has 0 bridgehead atoms. The second-order valence-corrected chi connectivity index (χ2v) is 9.98. The first-order chi connectivity index (χ1) is 17.3. The van der Waals surface area contributed by atoms with Gasteiger partial charge in [0.25, 0.3) is 0 Å². The van der Waals surface area contributed by atoms with E-state index in [1.165, 1.54) is 4.80 Å². The van der Waals surface area contributed by atoms with Gasteiger partial charge in [0.15, 0.2) is 0 Å². The highest BCUT2D eigenvalue weighted by molar-refractivity contribution is 5.89. The Kier molecular flexibility index (Phi) is 7.61. The number of aromatic nitrogens is 5. The molecule has 1 aliphatic rings. The Morgan fingerprint density at radius 2 is 1.78 bits per heavy atom. The average molecular weight is 492 g/mol. The Labute approximate surface area is 211 Å². The van der Waals surface area contributed by atoms with Crippen molar-refractivity contribution in [2.24, 2.45) is 0 Å². The summed E-state index contributed by atoms with van der Waals surface area (Å²) >= 11 is 0. The molecule has 4 rings (SSSR count). The second-order valence-electron chi connectivity index (χ2n) is 9.98. The molecule has 10 nitrogen and oxygen atoms in total. The lowest BCUT2D eigenvalue weighted by molar-refractivity contribution is -0.147. The van der Waals surface area contributed by atoms with E-state index in [0.29, 0.717) is 11.4 Å². The van der Waals surface area contributed by atoms with Gasteiger partial charge in [-0.25, -0.2) is 0 Å². The lowest BCUT2D eigenvalue weighted by Crippen LogP contribution is -2.54. The van der Waals surface area contributed by atoms with Crippen LogP contribution in [0.2, 0.25) is 0 Å². The van der Waals surface area contributed by atoms with E-state index in [2.05, 4.69) is 25.7 Å². The molecule has 0 saturated heterocycles. The maximum absolute atomic E-state index is 13.7. The fourth-order valence-electron chi connectivity index (χ4n) is 4.58. The minimum absolute atomic E-state index is 0.128. The SMILES string of the molecule is COc1ccc(-c2nnn(CC(=O)N(C(C(=O)NC3CCCC3)c3ccncc3)C(C)(C)C)n2)cc1.